The molecule has 0 heterocycles. The van der Waals surface area contributed by atoms with Crippen molar-refractivity contribution < 1.29 is 22.7 Å². The van der Waals surface area contributed by atoms with Gasteiger partial charge in [0.2, 0.25) is 15.9 Å². The number of hydrogen-bond acceptors (Lipinski definition) is 5. The molecule has 0 saturated heterocycles. The van der Waals surface area contributed by atoms with E-state index in [-0.39, 0.29) is 12.5 Å². The molecule has 0 saturated carbocycles. The highest BCUT2D eigenvalue weighted by atomic mass is 32.2. The van der Waals surface area contributed by atoms with Crippen LogP contribution in [-0.2, 0) is 19.6 Å². The molecule has 0 aliphatic carbocycles. The molecule has 1 N–H and O–H groups in total. The Hall–Kier alpha value is -2.13. The second-order valence-electron chi connectivity index (χ2n) is 5.36. The average molecular weight is 357 g/mol. The second-order valence-corrected chi connectivity index (χ2v) is 7.27. The number of nitrogens with one attached hydrogen (secondary N) is 1. The van der Waals surface area contributed by atoms with Gasteiger partial charge in [-0.15, -0.1) is 0 Å². The van der Waals surface area contributed by atoms with Crippen LogP contribution >= 0.6 is 0 Å². The molecule has 2 amide bonds. The van der Waals surface area contributed by atoms with Crippen LogP contribution in [0.25, 0.3) is 0 Å². The summed E-state index contributed by atoms with van der Waals surface area (Å²) in [5.41, 5.74) is 0.747. The van der Waals surface area contributed by atoms with E-state index in [0.29, 0.717) is 24.4 Å². The van der Waals surface area contributed by atoms with Crippen molar-refractivity contribution in [3.8, 4) is 0 Å². The van der Waals surface area contributed by atoms with Crippen LogP contribution in [0.4, 0.5) is 5.69 Å². The van der Waals surface area contributed by atoms with E-state index in [1.165, 1.54) is 36.3 Å². The Kier molecular flexibility index (Phi) is 7.18. The third-order valence-electron chi connectivity index (χ3n) is 3.12. The lowest BCUT2D eigenvalue weighted by Crippen LogP contribution is -2.41. The smallest absolute Gasteiger partial charge is 0.253 e. The first kappa shape index (κ1) is 19.9. The lowest BCUT2D eigenvalue weighted by Gasteiger charge is -2.22. The lowest BCUT2D eigenvalue weighted by atomic mass is 10.2. The number of carbonyl (C=O) groups is 2. The van der Waals surface area contributed by atoms with Crippen molar-refractivity contribution in [2.24, 2.45) is 0 Å². The maximum Gasteiger partial charge on any atom is 0.253 e. The van der Waals surface area contributed by atoms with Gasteiger partial charge >= 0.3 is 0 Å². The quantitative estimate of drug-likeness (QED) is 0.657. The van der Waals surface area contributed by atoms with Crippen LogP contribution in [0.3, 0.4) is 0 Å². The Bertz CT molecular complexity index is 671. The Labute approximate surface area is 142 Å². The van der Waals surface area contributed by atoms with Crippen molar-refractivity contribution in [2.75, 3.05) is 51.5 Å². The van der Waals surface area contributed by atoms with Crippen molar-refractivity contribution in [1.29, 1.82) is 0 Å². The zero-order chi connectivity index (χ0) is 18.3. The van der Waals surface area contributed by atoms with Crippen LogP contribution < -0.4 is 9.62 Å². The number of rotatable bonds is 8. The van der Waals surface area contributed by atoms with E-state index in [0.717, 1.165) is 10.6 Å². The van der Waals surface area contributed by atoms with E-state index in [9.17, 15) is 18.0 Å². The number of nitrogens with zero attached hydrogens (tertiary/aromatic N) is 2. The normalized spacial score (nSPS) is 11.0. The van der Waals surface area contributed by atoms with Gasteiger partial charge in [-0.3, -0.25) is 13.9 Å². The molecular formula is C15H23N3O5S. The van der Waals surface area contributed by atoms with Gasteiger partial charge in [-0.2, -0.15) is 0 Å². The minimum absolute atomic E-state index is 0.190. The van der Waals surface area contributed by atoms with Gasteiger partial charge in [0.1, 0.15) is 6.54 Å². The highest BCUT2D eigenvalue weighted by Crippen LogP contribution is 2.18. The van der Waals surface area contributed by atoms with Gasteiger partial charge in [0.25, 0.3) is 5.91 Å². The van der Waals surface area contributed by atoms with Crippen LogP contribution in [0.2, 0.25) is 0 Å². The van der Waals surface area contributed by atoms with Crippen LogP contribution in [0.5, 0.6) is 0 Å². The summed E-state index contributed by atoms with van der Waals surface area (Å²) in [4.78, 5) is 25.2. The monoisotopic (exact) mass is 357 g/mol. The van der Waals surface area contributed by atoms with E-state index in [1.807, 2.05) is 0 Å². The van der Waals surface area contributed by atoms with E-state index in [2.05, 4.69) is 5.32 Å². The molecule has 0 fully saturated rings. The molecule has 24 heavy (non-hydrogen) atoms. The summed E-state index contributed by atoms with van der Waals surface area (Å²) in [5, 5.41) is 2.57. The SMILES string of the molecule is COCCNC(=O)CN(c1ccc(C(=O)N(C)C)cc1)S(C)(=O)=O. The Morgan fingerprint density at radius 3 is 2.21 bits per heavy atom. The molecule has 0 bridgehead atoms. The number of methoxy groups -OCH3 is 1. The number of ether oxygens (including phenoxy) is 1. The zero-order valence-corrected chi connectivity index (χ0v) is 15.1. The lowest BCUT2D eigenvalue weighted by molar-refractivity contribution is -0.119. The number of benzene rings is 1. The van der Waals surface area contributed by atoms with Crippen molar-refractivity contribution >= 4 is 27.5 Å². The molecule has 0 spiro atoms. The summed E-state index contributed by atoms with van der Waals surface area (Å²) in [6.45, 7) is 0.290. The second kappa shape index (κ2) is 8.65. The largest absolute Gasteiger partial charge is 0.383 e. The summed E-state index contributed by atoms with van der Waals surface area (Å²) in [6.07, 6.45) is 1.02. The fourth-order valence-electron chi connectivity index (χ4n) is 1.91. The first-order valence-electron chi connectivity index (χ1n) is 7.22. The summed E-state index contributed by atoms with van der Waals surface area (Å²) in [7, 11) is 1.12. The van der Waals surface area contributed by atoms with Crippen molar-refractivity contribution in [3.05, 3.63) is 29.8 Å². The third-order valence-corrected chi connectivity index (χ3v) is 4.26. The molecule has 1 aromatic rings. The van der Waals surface area contributed by atoms with Gasteiger partial charge in [-0.05, 0) is 24.3 Å². The molecule has 0 aliphatic heterocycles. The number of hydrogen-bond donors (Lipinski definition) is 1. The van der Waals surface area contributed by atoms with E-state index in [4.69, 9.17) is 4.74 Å². The van der Waals surface area contributed by atoms with E-state index < -0.39 is 15.9 Å². The standard InChI is InChI=1S/C15H23N3O5S/c1-17(2)15(20)12-5-7-13(8-6-12)18(24(4,21)22)11-14(19)16-9-10-23-3/h5-8H,9-11H2,1-4H3,(H,16,19). The minimum Gasteiger partial charge on any atom is -0.383 e. The minimum atomic E-state index is -3.65. The zero-order valence-electron chi connectivity index (χ0n) is 14.3. The number of sulfonamides is 1. The third kappa shape index (κ3) is 5.82. The highest BCUT2D eigenvalue weighted by molar-refractivity contribution is 7.92. The molecule has 0 aromatic heterocycles. The van der Waals surface area contributed by atoms with E-state index >= 15 is 0 Å². The van der Waals surface area contributed by atoms with Gasteiger partial charge in [0.05, 0.1) is 18.6 Å². The average Bonchev–Trinajstić information content (AvgIpc) is 2.51. The fraction of sp³-hybridized carbons (Fsp3) is 0.467. The maximum absolute atomic E-state index is 12.0. The van der Waals surface area contributed by atoms with Gasteiger partial charge < -0.3 is 15.0 Å². The predicted octanol–water partition coefficient (Wildman–Crippen LogP) is -0.0830. The van der Waals surface area contributed by atoms with Crippen molar-refractivity contribution in [2.45, 2.75) is 0 Å². The first-order chi connectivity index (χ1) is 11.2. The van der Waals surface area contributed by atoms with Crippen molar-refractivity contribution in [3.63, 3.8) is 0 Å². The molecule has 0 aliphatic rings. The molecule has 0 unspecified atom stereocenters. The molecule has 1 aromatic carbocycles. The molecule has 1 rings (SSSR count). The molecule has 134 valence electrons. The van der Waals surface area contributed by atoms with Crippen molar-refractivity contribution in [1.82, 2.24) is 10.2 Å². The van der Waals surface area contributed by atoms with Gasteiger partial charge in [0, 0.05) is 33.3 Å². The van der Waals surface area contributed by atoms with Crippen LogP contribution in [-0.4, -0.2) is 72.3 Å². The topological polar surface area (TPSA) is 96.0 Å². The summed E-state index contributed by atoms with van der Waals surface area (Å²) in [6, 6.07) is 6.05. The maximum atomic E-state index is 12.0. The first-order valence-corrected chi connectivity index (χ1v) is 9.06. The number of anilines is 1. The molecule has 8 nitrogen and oxygen atoms in total. The fourth-order valence-corrected chi connectivity index (χ4v) is 2.76. The molecule has 9 heteroatoms. The Balaban J connectivity index is 2.94. The Morgan fingerprint density at radius 1 is 1.17 bits per heavy atom. The summed E-state index contributed by atoms with van der Waals surface area (Å²) < 4.78 is 29.7. The number of amides is 2. The van der Waals surface area contributed by atoms with Crippen LogP contribution in [0.1, 0.15) is 10.4 Å². The van der Waals surface area contributed by atoms with Gasteiger partial charge in [-0.1, -0.05) is 0 Å². The predicted molar refractivity (Wildman–Crippen MR) is 91.5 cm³/mol. The van der Waals surface area contributed by atoms with Crippen LogP contribution in [0.15, 0.2) is 24.3 Å². The molecule has 0 atom stereocenters. The van der Waals surface area contributed by atoms with Gasteiger partial charge in [0.15, 0.2) is 0 Å². The number of carbonyl (C=O) groups excluding carboxylic acids is 2. The summed E-state index contributed by atoms with van der Waals surface area (Å²) >= 11 is 0. The van der Waals surface area contributed by atoms with Gasteiger partial charge in [-0.25, -0.2) is 8.42 Å². The molecule has 0 radical (unpaired) electrons. The van der Waals surface area contributed by atoms with Crippen LogP contribution in [0, 0.1) is 0 Å². The molecular weight excluding hydrogens is 334 g/mol. The summed E-state index contributed by atoms with van der Waals surface area (Å²) in [5.74, 6) is -0.629. The highest BCUT2D eigenvalue weighted by Gasteiger charge is 2.21. The van der Waals surface area contributed by atoms with E-state index in [1.54, 1.807) is 14.1 Å². The Morgan fingerprint density at radius 2 is 1.75 bits per heavy atom.